The molecule has 3 rings (SSSR count). The normalized spacial score (nSPS) is 18.9. The van der Waals surface area contributed by atoms with Crippen molar-refractivity contribution in [2.45, 2.75) is 13.0 Å². The van der Waals surface area contributed by atoms with Crippen molar-refractivity contribution in [2.24, 2.45) is 0 Å². The number of aliphatic hydroxyl groups is 1. The van der Waals surface area contributed by atoms with Crippen molar-refractivity contribution >= 4 is 17.4 Å². The van der Waals surface area contributed by atoms with Crippen LogP contribution in [0.4, 0.5) is 4.39 Å². The van der Waals surface area contributed by atoms with Gasteiger partial charge in [0, 0.05) is 19.2 Å². The van der Waals surface area contributed by atoms with E-state index in [0.717, 1.165) is 11.1 Å². The number of aliphatic hydroxyl groups excluding tert-OH is 1. The summed E-state index contributed by atoms with van der Waals surface area (Å²) in [5.41, 5.74) is 1.91. The Bertz CT molecular complexity index is 905. The molecule has 0 radical (unpaired) electrons. The molecule has 0 spiro atoms. The predicted molar refractivity (Wildman–Crippen MR) is 98.5 cm³/mol. The van der Waals surface area contributed by atoms with E-state index in [1.807, 2.05) is 31.2 Å². The largest absolute Gasteiger partial charge is 0.507 e. The van der Waals surface area contributed by atoms with E-state index in [4.69, 9.17) is 4.74 Å². The summed E-state index contributed by atoms with van der Waals surface area (Å²) in [7, 11) is 1.51. The van der Waals surface area contributed by atoms with Gasteiger partial charge in [0.2, 0.25) is 0 Å². The topological polar surface area (TPSA) is 66.8 Å². The van der Waals surface area contributed by atoms with Crippen LogP contribution in [-0.4, -0.2) is 42.0 Å². The molecule has 1 fully saturated rings. The lowest BCUT2D eigenvalue weighted by Gasteiger charge is -2.26. The number of nitrogens with zero attached hydrogens (tertiary/aromatic N) is 1. The number of carbonyl (C=O) groups is 2. The number of hydrogen-bond acceptors (Lipinski definition) is 4. The standard InChI is InChI=1S/C21H20FNO4/c1-13-5-3-4-6-16(13)18-17(19(24)14-7-9-15(22)10-8-14)20(25)21(26)23(18)11-12-27-2/h3-10,18,24H,11-12H2,1-2H3/b19-17-. The van der Waals surface area contributed by atoms with E-state index in [0.29, 0.717) is 0 Å². The summed E-state index contributed by atoms with van der Waals surface area (Å²) in [4.78, 5) is 26.8. The summed E-state index contributed by atoms with van der Waals surface area (Å²) in [6.45, 7) is 2.34. The van der Waals surface area contributed by atoms with Gasteiger partial charge in [0.25, 0.3) is 11.7 Å². The van der Waals surface area contributed by atoms with Crippen molar-refractivity contribution < 1.29 is 23.8 Å². The third-order valence-corrected chi connectivity index (χ3v) is 4.68. The second-order valence-electron chi connectivity index (χ2n) is 6.35. The first-order valence-corrected chi connectivity index (χ1v) is 8.54. The highest BCUT2D eigenvalue weighted by atomic mass is 19.1. The van der Waals surface area contributed by atoms with Gasteiger partial charge in [-0.25, -0.2) is 4.39 Å². The van der Waals surface area contributed by atoms with E-state index >= 15 is 0 Å². The Morgan fingerprint density at radius 1 is 1.15 bits per heavy atom. The van der Waals surface area contributed by atoms with Crippen molar-refractivity contribution in [1.29, 1.82) is 0 Å². The number of likely N-dealkylation sites (tertiary alicyclic amines) is 1. The maximum Gasteiger partial charge on any atom is 0.295 e. The minimum absolute atomic E-state index is 0.00277. The van der Waals surface area contributed by atoms with Crippen LogP contribution in [0.15, 0.2) is 54.1 Å². The highest BCUT2D eigenvalue weighted by Gasteiger charge is 2.46. The van der Waals surface area contributed by atoms with Crippen LogP contribution in [0.5, 0.6) is 0 Å². The number of benzene rings is 2. The number of ketones is 1. The number of Topliss-reactive ketones (excluding diaryl/α,β-unsaturated/α-hetero) is 1. The first kappa shape index (κ1) is 18.8. The Labute approximate surface area is 156 Å². The molecule has 6 heteroatoms. The molecule has 0 aliphatic carbocycles. The zero-order valence-electron chi connectivity index (χ0n) is 15.1. The lowest BCUT2D eigenvalue weighted by molar-refractivity contribution is -0.140. The number of ether oxygens (including phenoxy) is 1. The average molecular weight is 369 g/mol. The fourth-order valence-corrected chi connectivity index (χ4v) is 3.28. The molecule has 1 heterocycles. The Morgan fingerprint density at radius 2 is 1.81 bits per heavy atom. The summed E-state index contributed by atoms with van der Waals surface area (Å²) < 4.78 is 18.3. The van der Waals surface area contributed by atoms with Crippen LogP contribution in [0.1, 0.15) is 22.7 Å². The van der Waals surface area contributed by atoms with Crippen LogP contribution in [0.3, 0.4) is 0 Å². The Hall–Kier alpha value is -2.99. The Kier molecular flexibility index (Phi) is 5.37. The van der Waals surface area contributed by atoms with Gasteiger partial charge in [-0.1, -0.05) is 24.3 Å². The molecule has 1 N–H and O–H groups in total. The van der Waals surface area contributed by atoms with Crippen molar-refractivity contribution in [3.8, 4) is 0 Å². The van der Waals surface area contributed by atoms with Crippen LogP contribution in [0, 0.1) is 12.7 Å². The van der Waals surface area contributed by atoms with Gasteiger partial charge in [0.05, 0.1) is 18.2 Å². The van der Waals surface area contributed by atoms with E-state index in [9.17, 15) is 19.1 Å². The molecule has 27 heavy (non-hydrogen) atoms. The number of rotatable bonds is 5. The molecule has 2 aromatic rings. The van der Waals surface area contributed by atoms with Gasteiger partial charge in [-0.05, 0) is 42.3 Å². The minimum Gasteiger partial charge on any atom is -0.507 e. The number of carbonyl (C=O) groups excluding carboxylic acids is 2. The number of hydrogen-bond donors (Lipinski definition) is 1. The highest BCUT2D eigenvalue weighted by molar-refractivity contribution is 6.46. The molecule has 0 aromatic heterocycles. The maximum absolute atomic E-state index is 13.2. The third-order valence-electron chi connectivity index (χ3n) is 4.68. The Balaban J connectivity index is 2.18. The Morgan fingerprint density at radius 3 is 2.44 bits per heavy atom. The molecule has 1 aliphatic heterocycles. The van der Waals surface area contributed by atoms with Crippen LogP contribution in [0.25, 0.3) is 5.76 Å². The van der Waals surface area contributed by atoms with E-state index in [1.165, 1.54) is 36.3 Å². The van der Waals surface area contributed by atoms with Gasteiger partial charge in [0.1, 0.15) is 11.6 Å². The summed E-state index contributed by atoms with van der Waals surface area (Å²) in [5, 5.41) is 10.8. The maximum atomic E-state index is 13.2. The fraction of sp³-hybridized carbons (Fsp3) is 0.238. The molecule has 140 valence electrons. The van der Waals surface area contributed by atoms with Crippen LogP contribution < -0.4 is 0 Å². The molecule has 0 saturated carbocycles. The molecular weight excluding hydrogens is 349 g/mol. The molecular formula is C21H20FNO4. The predicted octanol–water partition coefficient (Wildman–Crippen LogP) is 3.20. The molecule has 0 bridgehead atoms. The van der Waals surface area contributed by atoms with E-state index < -0.39 is 23.5 Å². The second-order valence-corrected chi connectivity index (χ2v) is 6.35. The molecule has 1 amide bonds. The third kappa shape index (κ3) is 3.48. The average Bonchev–Trinajstić information content (AvgIpc) is 2.91. The lowest BCUT2D eigenvalue weighted by Crippen LogP contribution is -2.32. The van der Waals surface area contributed by atoms with Crippen LogP contribution >= 0.6 is 0 Å². The molecule has 1 atom stereocenters. The quantitative estimate of drug-likeness (QED) is 0.499. The van der Waals surface area contributed by atoms with Crippen molar-refractivity contribution in [3.63, 3.8) is 0 Å². The molecule has 1 aliphatic rings. The van der Waals surface area contributed by atoms with Gasteiger partial charge in [-0.3, -0.25) is 9.59 Å². The van der Waals surface area contributed by atoms with Gasteiger partial charge < -0.3 is 14.7 Å². The van der Waals surface area contributed by atoms with Crippen molar-refractivity contribution in [3.05, 3.63) is 76.6 Å². The van der Waals surface area contributed by atoms with Gasteiger partial charge in [0.15, 0.2) is 0 Å². The summed E-state index contributed by atoms with van der Waals surface area (Å²) >= 11 is 0. The first-order valence-electron chi connectivity index (χ1n) is 8.54. The van der Waals surface area contributed by atoms with E-state index in [-0.39, 0.29) is 30.0 Å². The fourth-order valence-electron chi connectivity index (χ4n) is 3.28. The zero-order valence-corrected chi connectivity index (χ0v) is 15.1. The van der Waals surface area contributed by atoms with E-state index in [2.05, 4.69) is 0 Å². The van der Waals surface area contributed by atoms with E-state index in [1.54, 1.807) is 0 Å². The van der Waals surface area contributed by atoms with Gasteiger partial charge in [-0.15, -0.1) is 0 Å². The SMILES string of the molecule is COCCN1C(=O)C(=O)/C(=C(\O)c2ccc(F)cc2)C1c1ccccc1C. The highest BCUT2D eigenvalue weighted by Crippen LogP contribution is 2.40. The summed E-state index contributed by atoms with van der Waals surface area (Å²) in [6.07, 6.45) is 0. The van der Waals surface area contributed by atoms with Gasteiger partial charge >= 0.3 is 0 Å². The number of aryl methyl sites for hydroxylation is 1. The molecule has 2 aromatic carbocycles. The van der Waals surface area contributed by atoms with Gasteiger partial charge in [-0.2, -0.15) is 0 Å². The van der Waals surface area contributed by atoms with Crippen LogP contribution in [-0.2, 0) is 14.3 Å². The molecule has 5 nitrogen and oxygen atoms in total. The summed E-state index contributed by atoms with van der Waals surface area (Å²) in [5.74, 6) is -2.23. The van der Waals surface area contributed by atoms with Crippen molar-refractivity contribution in [2.75, 3.05) is 20.3 Å². The summed E-state index contributed by atoms with van der Waals surface area (Å²) in [6, 6.07) is 11.8. The number of methoxy groups -OCH3 is 1. The van der Waals surface area contributed by atoms with Crippen LogP contribution in [0.2, 0.25) is 0 Å². The zero-order chi connectivity index (χ0) is 19.6. The number of halogens is 1. The minimum atomic E-state index is -0.763. The molecule has 1 saturated heterocycles. The van der Waals surface area contributed by atoms with Crippen molar-refractivity contribution in [1.82, 2.24) is 4.90 Å². The monoisotopic (exact) mass is 369 g/mol. The number of amides is 1. The first-order chi connectivity index (χ1) is 13.0. The lowest BCUT2D eigenvalue weighted by atomic mass is 9.92. The second kappa shape index (κ2) is 7.72. The smallest absolute Gasteiger partial charge is 0.295 e. The molecule has 1 unspecified atom stereocenters.